The Morgan fingerprint density at radius 1 is 1.50 bits per heavy atom. The van der Waals surface area contributed by atoms with E-state index in [0.717, 1.165) is 24.8 Å². The van der Waals surface area contributed by atoms with Crippen molar-refractivity contribution in [1.29, 1.82) is 0 Å². The summed E-state index contributed by atoms with van der Waals surface area (Å²) in [5.74, 6) is -0.137. The van der Waals surface area contributed by atoms with Crippen LogP contribution >= 0.6 is 0 Å². The molecule has 18 heavy (non-hydrogen) atoms. The molecule has 1 aromatic rings. The normalized spacial score (nSPS) is 14.0. The highest BCUT2D eigenvalue weighted by molar-refractivity contribution is 5.78. The van der Waals surface area contributed by atoms with Crippen molar-refractivity contribution in [3.63, 3.8) is 0 Å². The van der Waals surface area contributed by atoms with E-state index in [9.17, 15) is 9.90 Å². The Hall–Kier alpha value is -1.39. The number of esters is 1. The summed E-state index contributed by atoms with van der Waals surface area (Å²) in [6.07, 6.45) is 2.27. The molecule has 4 heteroatoms. The minimum Gasteiger partial charge on any atom is -0.425 e. The van der Waals surface area contributed by atoms with E-state index in [1.54, 1.807) is 6.07 Å². The van der Waals surface area contributed by atoms with E-state index >= 15 is 0 Å². The van der Waals surface area contributed by atoms with Crippen molar-refractivity contribution in [1.82, 2.24) is 0 Å². The van der Waals surface area contributed by atoms with E-state index in [1.165, 1.54) is 6.92 Å². The standard InChI is InChI=1S/C14H21NO3/c1-3-4-6-11-7-5-8-12(9-11)18-14(17)13(15)10(2)16/h5,7-10,13,16H,3-4,6,15H2,1-2H3. The quantitative estimate of drug-likeness (QED) is 0.595. The average Bonchev–Trinajstić information content (AvgIpc) is 2.35. The number of aliphatic hydroxyl groups excluding tert-OH is 1. The van der Waals surface area contributed by atoms with Crippen LogP contribution in [-0.2, 0) is 11.2 Å². The molecule has 0 aliphatic rings. The largest absolute Gasteiger partial charge is 0.425 e. The van der Waals surface area contributed by atoms with Crippen LogP contribution in [0, 0.1) is 0 Å². The predicted octanol–water partition coefficient (Wildman–Crippen LogP) is 1.64. The van der Waals surface area contributed by atoms with Gasteiger partial charge in [0.15, 0.2) is 0 Å². The van der Waals surface area contributed by atoms with Crippen LogP contribution in [0.25, 0.3) is 0 Å². The van der Waals surface area contributed by atoms with Crippen LogP contribution in [0.4, 0.5) is 0 Å². The molecule has 1 rings (SSSR count). The minimum absolute atomic E-state index is 0.477. The molecule has 100 valence electrons. The Kier molecular flexibility index (Phi) is 5.82. The third-order valence-electron chi connectivity index (χ3n) is 2.73. The van der Waals surface area contributed by atoms with Gasteiger partial charge in [0.25, 0.3) is 0 Å². The third-order valence-corrected chi connectivity index (χ3v) is 2.73. The number of nitrogens with two attached hydrogens (primary N) is 1. The summed E-state index contributed by atoms with van der Waals surface area (Å²) in [5.41, 5.74) is 6.63. The molecule has 1 aromatic carbocycles. The molecule has 4 nitrogen and oxygen atoms in total. The van der Waals surface area contributed by atoms with Crippen LogP contribution in [0.1, 0.15) is 32.3 Å². The third kappa shape index (κ3) is 4.47. The first-order chi connectivity index (χ1) is 8.54. The number of carbonyl (C=O) groups is 1. The van der Waals surface area contributed by atoms with Crippen molar-refractivity contribution in [2.24, 2.45) is 5.73 Å². The van der Waals surface area contributed by atoms with Gasteiger partial charge in [-0.15, -0.1) is 0 Å². The number of aryl methyl sites for hydroxylation is 1. The molecule has 3 N–H and O–H groups in total. The number of unbranched alkanes of at least 4 members (excludes halogenated alkanes) is 1. The summed E-state index contributed by atoms with van der Waals surface area (Å²) in [6, 6.07) is 6.39. The summed E-state index contributed by atoms with van der Waals surface area (Å²) in [7, 11) is 0. The lowest BCUT2D eigenvalue weighted by Crippen LogP contribution is -2.42. The molecule has 0 aliphatic heterocycles. The number of benzene rings is 1. The zero-order valence-electron chi connectivity index (χ0n) is 10.9. The first-order valence-electron chi connectivity index (χ1n) is 6.29. The molecule has 0 amide bonds. The predicted molar refractivity (Wildman–Crippen MR) is 70.3 cm³/mol. The summed E-state index contributed by atoms with van der Waals surface area (Å²) in [6.45, 7) is 3.59. The Balaban J connectivity index is 2.64. The van der Waals surface area contributed by atoms with Gasteiger partial charge in [-0.25, -0.2) is 4.79 Å². The summed E-state index contributed by atoms with van der Waals surface area (Å²) >= 11 is 0. The van der Waals surface area contributed by atoms with Crippen LogP contribution in [-0.4, -0.2) is 23.2 Å². The van der Waals surface area contributed by atoms with Crippen molar-refractivity contribution in [3.05, 3.63) is 29.8 Å². The van der Waals surface area contributed by atoms with Gasteiger partial charge in [-0.1, -0.05) is 25.5 Å². The van der Waals surface area contributed by atoms with Gasteiger partial charge in [-0.05, 0) is 37.5 Å². The molecule has 0 saturated heterocycles. The minimum atomic E-state index is -1.01. The lowest BCUT2D eigenvalue weighted by molar-refractivity contribution is -0.138. The van der Waals surface area contributed by atoms with Gasteiger partial charge in [0.05, 0.1) is 6.10 Å². The fourth-order valence-corrected chi connectivity index (χ4v) is 1.53. The Morgan fingerprint density at radius 2 is 2.22 bits per heavy atom. The second-order valence-electron chi connectivity index (χ2n) is 4.44. The second kappa shape index (κ2) is 7.13. The highest BCUT2D eigenvalue weighted by Gasteiger charge is 2.20. The maximum Gasteiger partial charge on any atom is 0.330 e. The lowest BCUT2D eigenvalue weighted by Gasteiger charge is -2.13. The molecule has 0 saturated carbocycles. The average molecular weight is 251 g/mol. The van der Waals surface area contributed by atoms with E-state index in [1.807, 2.05) is 18.2 Å². The molecule has 0 aliphatic carbocycles. The highest BCUT2D eigenvalue weighted by atomic mass is 16.5. The van der Waals surface area contributed by atoms with Crippen molar-refractivity contribution in [2.45, 2.75) is 45.3 Å². The summed E-state index contributed by atoms with van der Waals surface area (Å²) < 4.78 is 5.13. The fraction of sp³-hybridized carbons (Fsp3) is 0.500. The molecule has 0 fully saturated rings. The van der Waals surface area contributed by atoms with Gasteiger partial charge in [-0.3, -0.25) is 0 Å². The topological polar surface area (TPSA) is 72.5 Å². The van der Waals surface area contributed by atoms with E-state index in [0.29, 0.717) is 5.75 Å². The van der Waals surface area contributed by atoms with Crippen LogP contribution in [0.2, 0.25) is 0 Å². The van der Waals surface area contributed by atoms with Gasteiger partial charge < -0.3 is 15.6 Å². The first kappa shape index (κ1) is 14.7. The van der Waals surface area contributed by atoms with Gasteiger partial charge in [0.2, 0.25) is 0 Å². The van der Waals surface area contributed by atoms with Crippen LogP contribution in [0.15, 0.2) is 24.3 Å². The van der Waals surface area contributed by atoms with Gasteiger partial charge in [0.1, 0.15) is 11.8 Å². The number of rotatable bonds is 6. The highest BCUT2D eigenvalue weighted by Crippen LogP contribution is 2.16. The number of hydrogen-bond acceptors (Lipinski definition) is 4. The lowest BCUT2D eigenvalue weighted by atomic mass is 10.1. The fourth-order valence-electron chi connectivity index (χ4n) is 1.53. The van der Waals surface area contributed by atoms with Crippen molar-refractivity contribution in [3.8, 4) is 5.75 Å². The van der Waals surface area contributed by atoms with E-state index < -0.39 is 18.1 Å². The number of carbonyl (C=O) groups excluding carboxylic acids is 1. The van der Waals surface area contributed by atoms with Crippen molar-refractivity contribution < 1.29 is 14.6 Å². The zero-order valence-corrected chi connectivity index (χ0v) is 10.9. The van der Waals surface area contributed by atoms with Crippen molar-refractivity contribution >= 4 is 5.97 Å². The SMILES string of the molecule is CCCCc1cccc(OC(=O)C(N)C(C)O)c1. The second-order valence-corrected chi connectivity index (χ2v) is 4.44. The molecular formula is C14H21NO3. The molecular weight excluding hydrogens is 230 g/mol. The van der Waals surface area contributed by atoms with Gasteiger partial charge in [0, 0.05) is 0 Å². The molecule has 0 bridgehead atoms. The molecule has 0 spiro atoms. The van der Waals surface area contributed by atoms with E-state index in [4.69, 9.17) is 10.5 Å². The monoisotopic (exact) mass is 251 g/mol. The van der Waals surface area contributed by atoms with E-state index in [2.05, 4.69) is 6.92 Å². The molecule has 0 heterocycles. The van der Waals surface area contributed by atoms with Gasteiger partial charge >= 0.3 is 5.97 Å². The smallest absolute Gasteiger partial charge is 0.330 e. The van der Waals surface area contributed by atoms with Crippen LogP contribution < -0.4 is 10.5 Å². The van der Waals surface area contributed by atoms with Crippen LogP contribution in [0.3, 0.4) is 0 Å². The van der Waals surface area contributed by atoms with Crippen LogP contribution in [0.5, 0.6) is 5.75 Å². The number of hydrogen-bond donors (Lipinski definition) is 2. The molecule has 2 atom stereocenters. The number of aliphatic hydroxyl groups is 1. The zero-order chi connectivity index (χ0) is 13.5. The maximum atomic E-state index is 11.6. The number of ether oxygens (including phenoxy) is 1. The Morgan fingerprint density at radius 3 is 2.83 bits per heavy atom. The first-order valence-corrected chi connectivity index (χ1v) is 6.29. The molecule has 2 unspecified atom stereocenters. The summed E-state index contributed by atoms with van der Waals surface area (Å²) in [5, 5.41) is 9.21. The molecule has 0 aromatic heterocycles. The Bertz CT molecular complexity index is 390. The molecule has 0 radical (unpaired) electrons. The maximum absolute atomic E-state index is 11.6. The van der Waals surface area contributed by atoms with E-state index in [-0.39, 0.29) is 0 Å². The van der Waals surface area contributed by atoms with Crippen molar-refractivity contribution in [2.75, 3.05) is 0 Å². The van der Waals surface area contributed by atoms with Gasteiger partial charge in [-0.2, -0.15) is 0 Å². The Labute approximate surface area is 108 Å². The summed E-state index contributed by atoms with van der Waals surface area (Å²) in [4.78, 5) is 11.6.